The van der Waals surface area contributed by atoms with E-state index in [4.69, 9.17) is 16.3 Å². The van der Waals surface area contributed by atoms with Crippen LogP contribution in [0, 0.1) is 0 Å². The lowest BCUT2D eigenvalue weighted by Crippen LogP contribution is -2.39. The molecule has 0 aromatic heterocycles. The summed E-state index contributed by atoms with van der Waals surface area (Å²) in [7, 11) is 0. The van der Waals surface area contributed by atoms with Crippen molar-refractivity contribution in [3.8, 4) is 0 Å². The molecule has 4 rings (SSSR count). The number of carbonyl (C=O) groups is 1. The number of benzene rings is 2. The van der Waals surface area contributed by atoms with Crippen LogP contribution in [0.15, 0.2) is 48.5 Å². The molecule has 7 heteroatoms. The van der Waals surface area contributed by atoms with Crippen LogP contribution in [0.1, 0.15) is 29.7 Å². The number of hydrogen-bond acceptors (Lipinski definition) is 5. The van der Waals surface area contributed by atoms with Crippen LogP contribution in [0.4, 0.5) is 5.69 Å². The first-order chi connectivity index (χ1) is 13.2. The van der Waals surface area contributed by atoms with Gasteiger partial charge in [-0.1, -0.05) is 41.9 Å². The smallest absolute Gasteiger partial charge is 0.242 e. The van der Waals surface area contributed by atoms with Crippen LogP contribution in [0.25, 0.3) is 0 Å². The molecule has 4 N–H and O–H groups in total. The molecule has 142 valence electrons. The Bertz CT molecular complexity index is 793. The van der Waals surface area contributed by atoms with E-state index in [1.165, 1.54) is 0 Å². The largest absolute Gasteiger partial charge is 0.371 e. The van der Waals surface area contributed by atoms with Crippen LogP contribution in [0.2, 0.25) is 5.02 Å². The molecule has 2 unspecified atom stereocenters. The number of nitrogens with one attached hydrogen (secondary N) is 4. The van der Waals surface area contributed by atoms with E-state index >= 15 is 0 Å². The van der Waals surface area contributed by atoms with Crippen molar-refractivity contribution in [1.29, 1.82) is 0 Å². The highest BCUT2D eigenvalue weighted by molar-refractivity contribution is 6.31. The zero-order chi connectivity index (χ0) is 18.6. The molecule has 0 radical (unpaired) electrons. The Morgan fingerprint density at radius 3 is 2.67 bits per heavy atom. The number of carbonyl (C=O) groups excluding carboxylic acids is 1. The second-order valence-electron chi connectivity index (χ2n) is 6.83. The summed E-state index contributed by atoms with van der Waals surface area (Å²) in [5, 5.41) is 6.99. The van der Waals surface area contributed by atoms with Gasteiger partial charge in [-0.2, -0.15) is 0 Å². The lowest BCUT2D eigenvalue weighted by atomic mass is 10.0. The fraction of sp³-hybridized carbons (Fsp3) is 0.350. The molecule has 0 aliphatic carbocycles. The Morgan fingerprint density at radius 1 is 1.11 bits per heavy atom. The van der Waals surface area contributed by atoms with E-state index in [2.05, 4.69) is 21.5 Å². The minimum absolute atomic E-state index is 0.00720. The second-order valence-corrected chi connectivity index (χ2v) is 7.23. The lowest BCUT2D eigenvalue weighted by molar-refractivity contribution is -0.117. The lowest BCUT2D eigenvalue weighted by Gasteiger charge is -2.24. The molecule has 2 aliphatic rings. The van der Waals surface area contributed by atoms with Gasteiger partial charge in [-0.25, -0.2) is 10.9 Å². The number of ether oxygens (including phenoxy) is 1. The molecule has 2 aliphatic heterocycles. The highest BCUT2D eigenvalue weighted by atomic mass is 35.5. The standard InChI is InChI=1S/C20H23ClN4O2/c21-16-4-2-1-3-15(16)17-11-18(25-24-17)20(26)23-14-7-5-13(6-8-14)19-12-22-9-10-27-19/h1-8,17-19,22,24-25H,9-12H2,(H,23,26)/t17?,18?,19-/m1/s1. The number of hydrazine groups is 1. The molecular formula is C20H23ClN4O2. The van der Waals surface area contributed by atoms with Gasteiger partial charge in [-0.3, -0.25) is 4.79 Å². The average molecular weight is 387 g/mol. The number of amides is 1. The first-order valence-corrected chi connectivity index (χ1v) is 9.57. The summed E-state index contributed by atoms with van der Waals surface area (Å²) in [6.07, 6.45) is 0.704. The zero-order valence-corrected chi connectivity index (χ0v) is 15.6. The van der Waals surface area contributed by atoms with Crippen LogP contribution in [0.3, 0.4) is 0 Å². The molecule has 2 aromatic carbocycles. The first kappa shape index (κ1) is 18.4. The number of rotatable bonds is 4. The van der Waals surface area contributed by atoms with Gasteiger partial charge >= 0.3 is 0 Å². The maximum atomic E-state index is 12.6. The summed E-state index contributed by atoms with van der Waals surface area (Å²) in [6, 6.07) is 15.2. The van der Waals surface area contributed by atoms with E-state index in [0.717, 1.165) is 36.5 Å². The van der Waals surface area contributed by atoms with E-state index in [1.807, 2.05) is 48.5 Å². The van der Waals surface area contributed by atoms with Crippen molar-refractivity contribution in [2.75, 3.05) is 25.0 Å². The zero-order valence-electron chi connectivity index (χ0n) is 14.9. The fourth-order valence-corrected chi connectivity index (χ4v) is 3.75. The van der Waals surface area contributed by atoms with Crippen LogP contribution in [-0.2, 0) is 9.53 Å². The van der Waals surface area contributed by atoms with E-state index in [1.54, 1.807) is 0 Å². The van der Waals surface area contributed by atoms with Gasteiger partial charge in [0.05, 0.1) is 12.7 Å². The predicted molar refractivity (Wildman–Crippen MR) is 106 cm³/mol. The van der Waals surface area contributed by atoms with Gasteiger partial charge in [0.15, 0.2) is 0 Å². The SMILES string of the molecule is O=C(Nc1ccc([C@H]2CNCCO2)cc1)C1CC(c2ccccc2Cl)NN1. The van der Waals surface area contributed by atoms with Crippen LogP contribution in [0.5, 0.6) is 0 Å². The molecule has 0 saturated carbocycles. The summed E-state index contributed by atoms with van der Waals surface area (Å²) in [6.45, 7) is 2.42. The Hall–Kier alpha value is -1.96. The summed E-state index contributed by atoms with van der Waals surface area (Å²) >= 11 is 6.26. The number of anilines is 1. The Kier molecular flexibility index (Phi) is 5.71. The van der Waals surface area contributed by atoms with Crippen LogP contribution >= 0.6 is 11.6 Å². The van der Waals surface area contributed by atoms with Crippen molar-refractivity contribution in [2.45, 2.75) is 24.6 Å². The minimum Gasteiger partial charge on any atom is -0.371 e. The molecule has 27 heavy (non-hydrogen) atoms. The summed E-state index contributed by atoms with van der Waals surface area (Å²) in [5.41, 5.74) is 9.11. The maximum Gasteiger partial charge on any atom is 0.242 e. The highest BCUT2D eigenvalue weighted by Crippen LogP contribution is 2.28. The van der Waals surface area contributed by atoms with Crippen molar-refractivity contribution in [3.63, 3.8) is 0 Å². The molecule has 6 nitrogen and oxygen atoms in total. The van der Waals surface area contributed by atoms with Gasteiger partial charge < -0.3 is 15.4 Å². The minimum atomic E-state index is -0.322. The van der Waals surface area contributed by atoms with Crippen molar-refractivity contribution in [3.05, 3.63) is 64.7 Å². The third kappa shape index (κ3) is 4.31. The van der Waals surface area contributed by atoms with Gasteiger partial charge in [0.25, 0.3) is 0 Å². The Labute approximate surface area is 163 Å². The summed E-state index contributed by atoms with van der Waals surface area (Å²) in [5.74, 6) is -0.0691. The third-order valence-electron chi connectivity index (χ3n) is 4.98. The number of halogens is 1. The molecular weight excluding hydrogens is 364 g/mol. The van der Waals surface area contributed by atoms with Crippen LogP contribution in [-0.4, -0.2) is 31.6 Å². The quantitative estimate of drug-likeness (QED) is 0.650. The van der Waals surface area contributed by atoms with Crippen molar-refractivity contribution < 1.29 is 9.53 Å². The Morgan fingerprint density at radius 2 is 1.93 bits per heavy atom. The third-order valence-corrected chi connectivity index (χ3v) is 5.32. The van der Waals surface area contributed by atoms with Crippen molar-refractivity contribution >= 4 is 23.2 Å². The van der Waals surface area contributed by atoms with Crippen molar-refractivity contribution in [1.82, 2.24) is 16.2 Å². The van der Waals surface area contributed by atoms with Gasteiger partial charge in [-0.15, -0.1) is 0 Å². The maximum absolute atomic E-state index is 12.6. The van der Waals surface area contributed by atoms with Gasteiger partial charge in [0, 0.05) is 29.8 Å². The number of morpholine rings is 1. The molecule has 3 atom stereocenters. The molecule has 2 heterocycles. The van der Waals surface area contributed by atoms with Gasteiger partial charge in [-0.05, 0) is 35.7 Å². The van der Waals surface area contributed by atoms with E-state index in [0.29, 0.717) is 11.4 Å². The predicted octanol–water partition coefficient (Wildman–Crippen LogP) is 2.55. The second kappa shape index (κ2) is 8.37. The topological polar surface area (TPSA) is 74.4 Å². The molecule has 1 amide bonds. The molecule has 2 fully saturated rings. The van der Waals surface area contributed by atoms with E-state index < -0.39 is 0 Å². The number of hydrogen-bond donors (Lipinski definition) is 4. The van der Waals surface area contributed by atoms with E-state index in [-0.39, 0.29) is 24.1 Å². The fourth-order valence-electron chi connectivity index (χ4n) is 3.48. The monoisotopic (exact) mass is 386 g/mol. The highest BCUT2D eigenvalue weighted by Gasteiger charge is 2.31. The van der Waals surface area contributed by atoms with Crippen molar-refractivity contribution in [2.24, 2.45) is 0 Å². The molecule has 2 saturated heterocycles. The Balaban J connectivity index is 1.35. The average Bonchev–Trinajstić information content (AvgIpc) is 3.20. The summed E-state index contributed by atoms with van der Waals surface area (Å²) in [4.78, 5) is 12.6. The molecule has 2 aromatic rings. The van der Waals surface area contributed by atoms with Gasteiger partial charge in [0.1, 0.15) is 6.04 Å². The first-order valence-electron chi connectivity index (χ1n) is 9.19. The normalized spacial score (nSPS) is 25.3. The van der Waals surface area contributed by atoms with Crippen LogP contribution < -0.4 is 21.5 Å². The molecule has 0 spiro atoms. The summed E-state index contributed by atoms with van der Waals surface area (Å²) < 4.78 is 5.75. The van der Waals surface area contributed by atoms with Gasteiger partial charge in [0.2, 0.25) is 5.91 Å². The molecule has 0 bridgehead atoms. The van der Waals surface area contributed by atoms with E-state index in [9.17, 15) is 4.79 Å².